The number of hydrogen-bond donors (Lipinski definition) is 1. The zero-order chi connectivity index (χ0) is 18.0. The molecule has 2 aromatic carbocycles. The van der Waals surface area contributed by atoms with E-state index < -0.39 is 5.60 Å². The van der Waals surface area contributed by atoms with E-state index >= 15 is 0 Å². The summed E-state index contributed by atoms with van der Waals surface area (Å²) >= 11 is 0. The molecule has 0 aliphatic carbocycles. The highest BCUT2D eigenvalue weighted by molar-refractivity contribution is 6.02. The molecule has 25 heavy (non-hydrogen) atoms. The second kappa shape index (κ2) is 10.1. The molecule has 0 saturated heterocycles. The molecule has 0 spiro atoms. The van der Waals surface area contributed by atoms with E-state index in [1.807, 2.05) is 48.5 Å². The number of carbonyl (C=O) groups is 1. The first kappa shape index (κ1) is 19.4. The molecule has 2 nitrogen and oxygen atoms in total. The molecular weight excluding hydrogens is 308 g/mol. The molecule has 1 N–H and O–H groups in total. The summed E-state index contributed by atoms with van der Waals surface area (Å²) in [7, 11) is 0. The standard InChI is InChI=1S/C23H30O2/c1-2-3-4-5-6-7-14-19-23(25,21-17-12-9-13-18-21)22(24)20-15-10-8-11-16-20/h8-13,15-18,25H,2-7,14,19H2,1H3. The fraction of sp³-hybridized carbons (Fsp3) is 0.435. The van der Waals surface area contributed by atoms with Gasteiger partial charge in [-0.15, -0.1) is 0 Å². The predicted octanol–water partition coefficient (Wildman–Crippen LogP) is 5.90. The fourth-order valence-electron chi connectivity index (χ4n) is 3.27. The normalized spacial score (nSPS) is 13.4. The maximum atomic E-state index is 13.0. The van der Waals surface area contributed by atoms with E-state index in [9.17, 15) is 9.90 Å². The van der Waals surface area contributed by atoms with Crippen LogP contribution in [0.15, 0.2) is 60.7 Å². The third-order valence-electron chi connectivity index (χ3n) is 4.81. The van der Waals surface area contributed by atoms with Gasteiger partial charge in [-0.3, -0.25) is 4.79 Å². The number of Topliss-reactive ketones (excluding diaryl/α,β-unsaturated/α-hetero) is 1. The van der Waals surface area contributed by atoms with Gasteiger partial charge in [0.1, 0.15) is 0 Å². The van der Waals surface area contributed by atoms with Crippen LogP contribution in [0.5, 0.6) is 0 Å². The fourth-order valence-corrected chi connectivity index (χ4v) is 3.27. The highest BCUT2D eigenvalue weighted by atomic mass is 16.3. The first-order valence-electron chi connectivity index (χ1n) is 9.56. The van der Waals surface area contributed by atoms with Crippen LogP contribution in [0, 0.1) is 0 Å². The highest BCUT2D eigenvalue weighted by Crippen LogP contribution is 2.31. The summed E-state index contributed by atoms with van der Waals surface area (Å²) in [5.74, 6) is -0.203. The topological polar surface area (TPSA) is 37.3 Å². The van der Waals surface area contributed by atoms with Crippen LogP contribution in [0.4, 0.5) is 0 Å². The van der Waals surface area contributed by atoms with Gasteiger partial charge in [0, 0.05) is 5.56 Å². The first-order valence-corrected chi connectivity index (χ1v) is 9.56. The minimum atomic E-state index is -1.44. The zero-order valence-electron chi connectivity index (χ0n) is 15.3. The van der Waals surface area contributed by atoms with Gasteiger partial charge in [0.2, 0.25) is 0 Å². The van der Waals surface area contributed by atoms with Crippen molar-refractivity contribution >= 4 is 5.78 Å². The van der Waals surface area contributed by atoms with Crippen molar-refractivity contribution in [2.24, 2.45) is 0 Å². The van der Waals surface area contributed by atoms with Gasteiger partial charge in [0.15, 0.2) is 11.4 Å². The van der Waals surface area contributed by atoms with E-state index in [1.54, 1.807) is 12.1 Å². The lowest BCUT2D eigenvalue weighted by molar-refractivity contribution is 0.0237. The van der Waals surface area contributed by atoms with Crippen LogP contribution in [0.1, 0.15) is 74.2 Å². The summed E-state index contributed by atoms with van der Waals surface area (Å²) in [6, 6.07) is 18.5. The van der Waals surface area contributed by atoms with E-state index in [0.29, 0.717) is 17.5 Å². The Bertz CT molecular complexity index is 621. The van der Waals surface area contributed by atoms with Crippen molar-refractivity contribution in [1.82, 2.24) is 0 Å². The van der Waals surface area contributed by atoms with E-state index in [4.69, 9.17) is 0 Å². The number of benzene rings is 2. The SMILES string of the molecule is CCCCCCCCCC(O)(C(=O)c1ccccc1)c1ccccc1. The number of hydrogen-bond acceptors (Lipinski definition) is 2. The van der Waals surface area contributed by atoms with E-state index in [-0.39, 0.29) is 5.78 Å². The van der Waals surface area contributed by atoms with E-state index in [1.165, 1.54) is 32.1 Å². The maximum Gasteiger partial charge on any atom is 0.198 e. The van der Waals surface area contributed by atoms with Crippen LogP contribution in [0.25, 0.3) is 0 Å². The summed E-state index contributed by atoms with van der Waals surface area (Å²) < 4.78 is 0. The summed E-state index contributed by atoms with van der Waals surface area (Å²) in [4.78, 5) is 13.0. The molecule has 0 bridgehead atoms. The van der Waals surface area contributed by atoms with Gasteiger partial charge in [-0.1, -0.05) is 106 Å². The molecule has 2 heteroatoms. The third kappa shape index (κ3) is 5.54. The largest absolute Gasteiger partial charge is 0.377 e. The molecule has 134 valence electrons. The minimum absolute atomic E-state index is 0.203. The molecule has 2 rings (SSSR count). The smallest absolute Gasteiger partial charge is 0.198 e. The van der Waals surface area contributed by atoms with Gasteiger partial charge >= 0.3 is 0 Å². The number of unbranched alkanes of at least 4 members (excludes halogenated alkanes) is 6. The van der Waals surface area contributed by atoms with Crippen LogP contribution in [-0.2, 0) is 5.60 Å². The van der Waals surface area contributed by atoms with Gasteiger partial charge < -0.3 is 5.11 Å². The second-order valence-corrected chi connectivity index (χ2v) is 6.79. The molecule has 0 radical (unpaired) electrons. The van der Waals surface area contributed by atoms with Crippen LogP contribution < -0.4 is 0 Å². The second-order valence-electron chi connectivity index (χ2n) is 6.79. The lowest BCUT2D eigenvalue weighted by atomic mass is 9.81. The van der Waals surface area contributed by atoms with Crippen LogP contribution >= 0.6 is 0 Å². The summed E-state index contributed by atoms with van der Waals surface area (Å²) in [6.07, 6.45) is 8.62. The van der Waals surface area contributed by atoms with Crippen molar-refractivity contribution in [3.8, 4) is 0 Å². The number of ketones is 1. The number of rotatable bonds is 11. The van der Waals surface area contributed by atoms with Crippen molar-refractivity contribution in [1.29, 1.82) is 0 Å². The molecule has 0 aliphatic heterocycles. The first-order chi connectivity index (χ1) is 12.2. The Morgan fingerprint density at radius 2 is 1.32 bits per heavy atom. The molecule has 0 aromatic heterocycles. The summed E-state index contributed by atoms with van der Waals surface area (Å²) in [5, 5.41) is 11.3. The molecule has 0 saturated carbocycles. The van der Waals surface area contributed by atoms with Gasteiger partial charge in [-0.25, -0.2) is 0 Å². The lowest BCUT2D eigenvalue weighted by Crippen LogP contribution is -2.35. The number of carbonyl (C=O) groups excluding carboxylic acids is 1. The Hall–Kier alpha value is -1.93. The quantitative estimate of drug-likeness (QED) is 0.409. The van der Waals surface area contributed by atoms with E-state index in [2.05, 4.69) is 6.92 Å². The van der Waals surface area contributed by atoms with Gasteiger partial charge in [0.25, 0.3) is 0 Å². The third-order valence-corrected chi connectivity index (χ3v) is 4.81. The average molecular weight is 338 g/mol. The van der Waals surface area contributed by atoms with Crippen molar-refractivity contribution in [3.63, 3.8) is 0 Å². The molecule has 0 amide bonds. The van der Waals surface area contributed by atoms with Gasteiger partial charge in [-0.05, 0) is 18.4 Å². The number of aliphatic hydroxyl groups is 1. The van der Waals surface area contributed by atoms with Gasteiger partial charge in [0.05, 0.1) is 0 Å². The molecule has 1 atom stereocenters. The molecule has 2 aromatic rings. The van der Waals surface area contributed by atoms with Crippen molar-refractivity contribution < 1.29 is 9.90 Å². The Labute approximate surface area is 151 Å². The monoisotopic (exact) mass is 338 g/mol. The Morgan fingerprint density at radius 3 is 1.92 bits per heavy atom. The average Bonchev–Trinajstić information content (AvgIpc) is 2.68. The van der Waals surface area contributed by atoms with Crippen LogP contribution in [0.3, 0.4) is 0 Å². The lowest BCUT2D eigenvalue weighted by Gasteiger charge is -2.27. The highest BCUT2D eigenvalue weighted by Gasteiger charge is 2.37. The maximum absolute atomic E-state index is 13.0. The van der Waals surface area contributed by atoms with Crippen molar-refractivity contribution in [2.75, 3.05) is 0 Å². The summed E-state index contributed by atoms with van der Waals surface area (Å²) in [5.41, 5.74) is -0.182. The van der Waals surface area contributed by atoms with Crippen LogP contribution in [-0.4, -0.2) is 10.9 Å². The molecule has 1 unspecified atom stereocenters. The molecule has 0 heterocycles. The molecule has 0 aliphatic rings. The van der Waals surface area contributed by atoms with E-state index in [0.717, 1.165) is 12.8 Å². The Balaban J connectivity index is 2.05. The molecule has 0 fully saturated rings. The molecular formula is C23H30O2. The Morgan fingerprint density at radius 1 is 0.800 bits per heavy atom. The van der Waals surface area contributed by atoms with Crippen molar-refractivity contribution in [3.05, 3.63) is 71.8 Å². The van der Waals surface area contributed by atoms with Crippen LogP contribution in [0.2, 0.25) is 0 Å². The summed E-state index contributed by atoms with van der Waals surface area (Å²) in [6.45, 7) is 2.22. The minimum Gasteiger partial charge on any atom is -0.377 e. The zero-order valence-corrected chi connectivity index (χ0v) is 15.3. The predicted molar refractivity (Wildman–Crippen MR) is 104 cm³/mol. The Kier molecular flexibility index (Phi) is 7.87. The van der Waals surface area contributed by atoms with Gasteiger partial charge in [-0.2, -0.15) is 0 Å². The van der Waals surface area contributed by atoms with Crippen molar-refractivity contribution in [2.45, 2.75) is 63.9 Å².